The Morgan fingerprint density at radius 3 is 2.52 bits per heavy atom. The Morgan fingerprint density at radius 2 is 1.95 bits per heavy atom. The van der Waals surface area contributed by atoms with Crippen molar-refractivity contribution in [1.29, 1.82) is 0 Å². The smallest absolute Gasteiger partial charge is 0.162 e. The normalized spacial score (nSPS) is 20.7. The van der Waals surface area contributed by atoms with Crippen LogP contribution in [0.15, 0.2) is 0 Å². The summed E-state index contributed by atoms with van der Waals surface area (Å²) in [7, 11) is 0. The second-order valence-electron chi connectivity index (χ2n) is 6.03. The highest BCUT2D eigenvalue weighted by molar-refractivity contribution is 14.1. The first-order valence-electron chi connectivity index (χ1n) is 8.16. The second-order valence-corrected chi connectivity index (χ2v) is 7.11. The molecule has 21 heavy (non-hydrogen) atoms. The first kappa shape index (κ1) is 15.5. The van der Waals surface area contributed by atoms with Crippen molar-refractivity contribution in [3.8, 4) is 0 Å². The van der Waals surface area contributed by atoms with Gasteiger partial charge in [0.1, 0.15) is 11.4 Å². The Hall–Kier alpha value is -0.430. The monoisotopic (exact) mass is 401 g/mol. The average molecular weight is 401 g/mol. The van der Waals surface area contributed by atoms with E-state index in [4.69, 9.17) is 14.7 Å². The topological polar surface area (TPSA) is 47.0 Å². The number of halogens is 1. The fourth-order valence-corrected chi connectivity index (χ4v) is 4.11. The summed E-state index contributed by atoms with van der Waals surface area (Å²) in [5.74, 6) is 2.55. The van der Waals surface area contributed by atoms with E-state index >= 15 is 0 Å². The van der Waals surface area contributed by atoms with Crippen LogP contribution in [0.1, 0.15) is 69.8 Å². The molecule has 0 aliphatic heterocycles. The molecule has 0 aromatic carbocycles. The van der Waals surface area contributed by atoms with E-state index in [0.717, 1.165) is 37.6 Å². The van der Waals surface area contributed by atoms with Gasteiger partial charge in [0.05, 0.1) is 9.26 Å². The molecule has 5 heteroatoms. The summed E-state index contributed by atoms with van der Waals surface area (Å²) in [6, 6.07) is 0. The number of ether oxygens (including phenoxy) is 1. The first-order chi connectivity index (χ1) is 10.2. The fraction of sp³-hybridized carbons (Fsp3) is 0.750. The molecule has 0 spiro atoms. The maximum atomic E-state index is 6.15. The molecule has 0 unspecified atom stereocenters. The summed E-state index contributed by atoms with van der Waals surface area (Å²) in [5, 5.41) is 3.41. The van der Waals surface area contributed by atoms with Gasteiger partial charge in [0.15, 0.2) is 5.82 Å². The minimum Gasteiger partial charge on any atom is -0.369 e. The highest BCUT2D eigenvalue weighted by Crippen LogP contribution is 2.45. The van der Waals surface area contributed by atoms with Gasteiger partial charge in [0, 0.05) is 19.1 Å². The summed E-state index contributed by atoms with van der Waals surface area (Å²) in [4.78, 5) is 9.82. The third-order valence-electron chi connectivity index (χ3n) is 4.42. The molecular weight excluding hydrogens is 377 g/mol. The zero-order valence-corrected chi connectivity index (χ0v) is 15.1. The van der Waals surface area contributed by atoms with E-state index in [1.54, 1.807) is 0 Å². The van der Waals surface area contributed by atoms with Crippen LogP contribution in [-0.4, -0.2) is 23.1 Å². The van der Waals surface area contributed by atoms with Crippen molar-refractivity contribution in [3.63, 3.8) is 0 Å². The zero-order chi connectivity index (χ0) is 14.9. The van der Waals surface area contributed by atoms with Crippen molar-refractivity contribution in [2.24, 2.45) is 0 Å². The molecule has 0 saturated heterocycles. The zero-order valence-electron chi connectivity index (χ0n) is 12.9. The third kappa shape index (κ3) is 3.04. The number of rotatable bonds is 6. The lowest BCUT2D eigenvalue weighted by molar-refractivity contribution is -0.0457. The van der Waals surface area contributed by atoms with Gasteiger partial charge in [-0.1, -0.05) is 0 Å². The largest absolute Gasteiger partial charge is 0.369 e. The molecule has 1 heterocycles. The van der Waals surface area contributed by atoms with E-state index in [0.29, 0.717) is 5.92 Å². The van der Waals surface area contributed by atoms with E-state index in [-0.39, 0.29) is 5.60 Å². The number of nitrogens with zero attached hydrogens (tertiary/aromatic N) is 2. The van der Waals surface area contributed by atoms with E-state index in [1.165, 1.54) is 34.9 Å². The van der Waals surface area contributed by atoms with Gasteiger partial charge in [-0.15, -0.1) is 0 Å². The Kier molecular flexibility index (Phi) is 4.69. The Labute approximate surface area is 140 Å². The molecule has 2 fully saturated rings. The standard InChI is InChI=1S/C16H24IN3O/c1-3-18-14-12(17)13(11-7-8-11)19-15(20-14)16(21-4-2)9-5-6-10-16/h11H,3-10H2,1-2H3,(H,18,19,20). The van der Waals surface area contributed by atoms with E-state index in [9.17, 15) is 0 Å². The summed E-state index contributed by atoms with van der Waals surface area (Å²) >= 11 is 2.40. The molecule has 2 saturated carbocycles. The maximum absolute atomic E-state index is 6.15. The summed E-state index contributed by atoms with van der Waals surface area (Å²) in [6.45, 7) is 5.80. The number of nitrogens with one attached hydrogen (secondary N) is 1. The summed E-state index contributed by atoms with van der Waals surface area (Å²) in [6.07, 6.45) is 7.06. The molecule has 3 rings (SSSR count). The van der Waals surface area contributed by atoms with Gasteiger partial charge in [-0.05, 0) is 75.0 Å². The van der Waals surface area contributed by atoms with Crippen LogP contribution in [0.4, 0.5) is 5.82 Å². The van der Waals surface area contributed by atoms with Crippen molar-refractivity contribution in [2.45, 2.75) is 63.9 Å². The van der Waals surface area contributed by atoms with Crippen molar-refractivity contribution in [2.75, 3.05) is 18.5 Å². The van der Waals surface area contributed by atoms with Gasteiger partial charge >= 0.3 is 0 Å². The van der Waals surface area contributed by atoms with Gasteiger partial charge in [-0.25, -0.2) is 9.97 Å². The van der Waals surface area contributed by atoms with E-state index in [2.05, 4.69) is 41.8 Å². The van der Waals surface area contributed by atoms with Gasteiger partial charge < -0.3 is 10.1 Å². The number of aromatic nitrogens is 2. The van der Waals surface area contributed by atoms with Crippen LogP contribution in [0.5, 0.6) is 0 Å². The van der Waals surface area contributed by atoms with Crippen molar-refractivity contribution in [1.82, 2.24) is 9.97 Å². The molecule has 1 N–H and O–H groups in total. The highest BCUT2D eigenvalue weighted by Gasteiger charge is 2.41. The highest BCUT2D eigenvalue weighted by atomic mass is 127. The lowest BCUT2D eigenvalue weighted by Gasteiger charge is -2.28. The molecule has 2 aliphatic carbocycles. The lowest BCUT2D eigenvalue weighted by atomic mass is 10.0. The van der Waals surface area contributed by atoms with Gasteiger partial charge in [0.2, 0.25) is 0 Å². The molecule has 0 atom stereocenters. The third-order valence-corrected chi connectivity index (χ3v) is 5.49. The minimum absolute atomic E-state index is 0.243. The number of hydrogen-bond donors (Lipinski definition) is 1. The summed E-state index contributed by atoms with van der Waals surface area (Å²) < 4.78 is 7.35. The van der Waals surface area contributed by atoms with Crippen LogP contribution in [-0.2, 0) is 10.3 Å². The molecule has 0 radical (unpaired) electrons. The molecule has 0 bridgehead atoms. The SMILES string of the molecule is CCNc1nc(C2(OCC)CCCC2)nc(C2CC2)c1I. The second kappa shape index (κ2) is 6.36. The average Bonchev–Trinajstić information content (AvgIpc) is 3.21. The Morgan fingerprint density at radius 1 is 1.24 bits per heavy atom. The molecular formula is C16H24IN3O. The molecule has 4 nitrogen and oxygen atoms in total. The first-order valence-corrected chi connectivity index (χ1v) is 9.24. The van der Waals surface area contributed by atoms with Gasteiger partial charge in [-0.3, -0.25) is 0 Å². The van der Waals surface area contributed by atoms with Crippen molar-refractivity contribution < 1.29 is 4.74 Å². The number of anilines is 1. The van der Waals surface area contributed by atoms with Crippen LogP contribution < -0.4 is 5.32 Å². The molecule has 0 amide bonds. The molecule has 1 aromatic rings. The minimum atomic E-state index is -0.243. The van der Waals surface area contributed by atoms with Crippen molar-refractivity contribution in [3.05, 3.63) is 15.1 Å². The molecule has 1 aromatic heterocycles. The predicted molar refractivity (Wildman–Crippen MR) is 92.7 cm³/mol. The Balaban J connectivity index is 2.04. The van der Waals surface area contributed by atoms with Crippen LogP contribution in [0.25, 0.3) is 0 Å². The van der Waals surface area contributed by atoms with E-state index in [1.807, 2.05) is 0 Å². The van der Waals surface area contributed by atoms with Crippen LogP contribution >= 0.6 is 22.6 Å². The molecule has 2 aliphatic rings. The lowest BCUT2D eigenvalue weighted by Crippen LogP contribution is -2.30. The van der Waals surface area contributed by atoms with Gasteiger partial charge in [0.25, 0.3) is 0 Å². The Bertz CT molecular complexity index is 510. The maximum Gasteiger partial charge on any atom is 0.162 e. The number of hydrogen-bond acceptors (Lipinski definition) is 4. The fourth-order valence-electron chi connectivity index (χ4n) is 3.23. The quantitative estimate of drug-likeness (QED) is 0.726. The van der Waals surface area contributed by atoms with Crippen molar-refractivity contribution >= 4 is 28.4 Å². The van der Waals surface area contributed by atoms with Crippen LogP contribution in [0.3, 0.4) is 0 Å². The summed E-state index contributed by atoms with van der Waals surface area (Å²) in [5.41, 5.74) is 0.995. The predicted octanol–water partition coefficient (Wildman–Crippen LogP) is 4.20. The molecule has 116 valence electrons. The van der Waals surface area contributed by atoms with E-state index < -0.39 is 0 Å². The van der Waals surface area contributed by atoms with Gasteiger partial charge in [-0.2, -0.15) is 0 Å². The van der Waals surface area contributed by atoms with Crippen LogP contribution in [0.2, 0.25) is 0 Å². The van der Waals surface area contributed by atoms with Crippen LogP contribution in [0, 0.1) is 3.57 Å².